The molecule has 2 nitrogen and oxygen atoms in total. The number of hydrogen-bond donors (Lipinski definition) is 0. The van der Waals surface area contributed by atoms with Gasteiger partial charge in [-0.15, -0.1) is 0 Å². The molecule has 0 amide bonds. The predicted molar refractivity (Wildman–Crippen MR) is 69.2 cm³/mol. The highest BCUT2D eigenvalue weighted by molar-refractivity contribution is 6.34. The molecule has 0 atom stereocenters. The highest BCUT2D eigenvalue weighted by Crippen LogP contribution is 2.19. The van der Waals surface area contributed by atoms with Crippen molar-refractivity contribution >= 4 is 23.2 Å². The number of rotatable bonds is 4. The molecular formula is C13H10Cl2FNO. The van der Waals surface area contributed by atoms with Crippen molar-refractivity contribution in [3.05, 3.63) is 63.6 Å². The van der Waals surface area contributed by atoms with Crippen molar-refractivity contribution in [3.8, 4) is 0 Å². The van der Waals surface area contributed by atoms with Crippen LogP contribution in [0.15, 0.2) is 36.5 Å². The van der Waals surface area contributed by atoms with Gasteiger partial charge in [-0.3, -0.25) is 0 Å². The molecule has 0 radical (unpaired) electrons. The van der Waals surface area contributed by atoms with Crippen LogP contribution in [0.4, 0.5) is 4.39 Å². The van der Waals surface area contributed by atoms with Crippen LogP contribution in [0.3, 0.4) is 0 Å². The third-order valence-corrected chi connectivity index (χ3v) is 2.93. The fourth-order valence-corrected chi connectivity index (χ4v) is 1.85. The molecule has 18 heavy (non-hydrogen) atoms. The van der Waals surface area contributed by atoms with Gasteiger partial charge in [0.25, 0.3) is 0 Å². The van der Waals surface area contributed by atoms with Gasteiger partial charge in [-0.1, -0.05) is 41.4 Å². The normalized spacial score (nSPS) is 10.6. The lowest BCUT2D eigenvalue weighted by molar-refractivity contribution is 0.104. The molecule has 0 aliphatic rings. The molecule has 0 spiro atoms. The van der Waals surface area contributed by atoms with E-state index in [1.54, 1.807) is 30.5 Å². The summed E-state index contributed by atoms with van der Waals surface area (Å²) in [6.07, 6.45) is 1.55. The first-order valence-corrected chi connectivity index (χ1v) is 6.03. The minimum Gasteiger partial charge on any atom is -0.372 e. The number of aromatic nitrogens is 1. The average Bonchev–Trinajstić information content (AvgIpc) is 2.34. The van der Waals surface area contributed by atoms with Crippen LogP contribution in [0.2, 0.25) is 10.2 Å². The van der Waals surface area contributed by atoms with Gasteiger partial charge >= 0.3 is 0 Å². The van der Waals surface area contributed by atoms with E-state index in [0.717, 1.165) is 5.56 Å². The molecule has 0 N–H and O–H groups in total. The van der Waals surface area contributed by atoms with Crippen molar-refractivity contribution in [3.63, 3.8) is 0 Å². The molecule has 94 valence electrons. The van der Waals surface area contributed by atoms with E-state index in [1.807, 2.05) is 0 Å². The van der Waals surface area contributed by atoms with Crippen molar-refractivity contribution in [1.82, 2.24) is 4.98 Å². The average molecular weight is 286 g/mol. The van der Waals surface area contributed by atoms with Crippen LogP contribution in [0.1, 0.15) is 11.1 Å². The Morgan fingerprint density at radius 1 is 1.11 bits per heavy atom. The number of hydrogen-bond acceptors (Lipinski definition) is 2. The highest BCUT2D eigenvalue weighted by Gasteiger charge is 2.04. The Bertz CT molecular complexity index is 548. The van der Waals surface area contributed by atoms with Crippen molar-refractivity contribution < 1.29 is 9.13 Å². The summed E-state index contributed by atoms with van der Waals surface area (Å²) in [5.74, 6) is -0.280. The van der Waals surface area contributed by atoms with Crippen LogP contribution in [-0.4, -0.2) is 4.98 Å². The third kappa shape index (κ3) is 3.42. The summed E-state index contributed by atoms with van der Waals surface area (Å²) in [6, 6.07) is 8.02. The van der Waals surface area contributed by atoms with Gasteiger partial charge in [0, 0.05) is 17.3 Å². The lowest BCUT2D eigenvalue weighted by Gasteiger charge is -2.06. The maximum Gasteiger partial charge on any atom is 0.130 e. The lowest BCUT2D eigenvalue weighted by atomic mass is 10.2. The fourth-order valence-electron chi connectivity index (χ4n) is 1.43. The van der Waals surface area contributed by atoms with Gasteiger partial charge in [0.05, 0.1) is 18.2 Å². The van der Waals surface area contributed by atoms with Crippen LogP contribution >= 0.6 is 23.2 Å². The van der Waals surface area contributed by atoms with Crippen molar-refractivity contribution in [2.24, 2.45) is 0 Å². The minimum atomic E-state index is -0.280. The highest BCUT2D eigenvalue weighted by atomic mass is 35.5. The van der Waals surface area contributed by atoms with E-state index in [9.17, 15) is 4.39 Å². The van der Waals surface area contributed by atoms with Gasteiger partial charge in [-0.05, 0) is 12.1 Å². The predicted octanol–water partition coefficient (Wildman–Crippen LogP) is 4.24. The molecule has 0 unspecified atom stereocenters. The summed E-state index contributed by atoms with van der Waals surface area (Å²) in [7, 11) is 0. The van der Waals surface area contributed by atoms with E-state index in [2.05, 4.69) is 4.98 Å². The number of halogens is 3. The summed E-state index contributed by atoms with van der Waals surface area (Å²) in [5, 5.41) is 0.821. The summed E-state index contributed by atoms with van der Waals surface area (Å²) >= 11 is 11.6. The van der Waals surface area contributed by atoms with Gasteiger partial charge in [0.2, 0.25) is 0 Å². The first kappa shape index (κ1) is 13.3. The molecule has 0 saturated heterocycles. The Morgan fingerprint density at radius 2 is 1.83 bits per heavy atom. The molecule has 0 aliphatic carbocycles. The molecule has 0 fully saturated rings. The fraction of sp³-hybridized carbons (Fsp3) is 0.154. The largest absolute Gasteiger partial charge is 0.372 e. The second-order valence-electron chi connectivity index (χ2n) is 3.68. The second-order valence-corrected chi connectivity index (χ2v) is 4.48. The Labute approximate surface area is 114 Å². The Kier molecular flexibility index (Phi) is 4.53. The van der Waals surface area contributed by atoms with Crippen LogP contribution in [0.25, 0.3) is 0 Å². The van der Waals surface area contributed by atoms with E-state index in [1.165, 1.54) is 6.07 Å². The summed E-state index contributed by atoms with van der Waals surface area (Å²) in [5.41, 5.74) is 1.23. The standard InChI is InChI=1S/C13H10Cl2FNO/c14-11-5-13(15)17-6-10(11)8-18-7-9-3-1-2-4-12(9)16/h1-6H,7-8H2. The quantitative estimate of drug-likeness (QED) is 0.784. The van der Waals surface area contributed by atoms with Gasteiger partial charge < -0.3 is 4.74 Å². The van der Waals surface area contributed by atoms with E-state index >= 15 is 0 Å². The molecule has 1 aromatic heterocycles. The van der Waals surface area contributed by atoms with Gasteiger partial charge in [-0.25, -0.2) is 9.37 Å². The maximum absolute atomic E-state index is 13.3. The summed E-state index contributed by atoms with van der Waals surface area (Å²) in [6.45, 7) is 0.447. The number of ether oxygens (including phenoxy) is 1. The van der Waals surface area contributed by atoms with Crippen molar-refractivity contribution in [2.75, 3.05) is 0 Å². The number of pyridine rings is 1. The first-order chi connectivity index (χ1) is 8.66. The Hall–Kier alpha value is -1.16. The summed E-state index contributed by atoms with van der Waals surface area (Å²) in [4.78, 5) is 3.91. The van der Waals surface area contributed by atoms with Gasteiger partial charge in [0.1, 0.15) is 11.0 Å². The third-order valence-electron chi connectivity index (χ3n) is 2.37. The molecule has 5 heteroatoms. The monoisotopic (exact) mass is 285 g/mol. The SMILES string of the molecule is Fc1ccccc1COCc1cnc(Cl)cc1Cl. The number of nitrogens with zero attached hydrogens (tertiary/aromatic N) is 1. The molecule has 2 rings (SSSR count). The number of benzene rings is 1. The van der Waals surface area contributed by atoms with Crippen molar-refractivity contribution in [2.45, 2.75) is 13.2 Å². The van der Waals surface area contributed by atoms with E-state index in [0.29, 0.717) is 15.7 Å². The van der Waals surface area contributed by atoms with Gasteiger partial charge in [-0.2, -0.15) is 0 Å². The maximum atomic E-state index is 13.3. The van der Waals surface area contributed by atoms with Crippen LogP contribution in [0.5, 0.6) is 0 Å². The van der Waals surface area contributed by atoms with Crippen molar-refractivity contribution in [1.29, 1.82) is 0 Å². The van der Waals surface area contributed by atoms with Crippen LogP contribution in [-0.2, 0) is 18.0 Å². The zero-order chi connectivity index (χ0) is 13.0. The molecule has 0 saturated carbocycles. The second kappa shape index (κ2) is 6.14. The lowest BCUT2D eigenvalue weighted by Crippen LogP contribution is -1.97. The molecule has 2 aromatic rings. The molecular weight excluding hydrogens is 276 g/mol. The zero-order valence-electron chi connectivity index (χ0n) is 9.37. The zero-order valence-corrected chi connectivity index (χ0v) is 10.9. The Balaban J connectivity index is 1.95. The molecule has 0 aliphatic heterocycles. The van der Waals surface area contributed by atoms with Crippen LogP contribution < -0.4 is 0 Å². The van der Waals surface area contributed by atoms with E-state index in [-0.39, 0.29) is 19.0 Å². The first-order valence-electron chi connectivity index (χ1n) is 5.28. The Morgan fingerprint density at radius 3 is 2.56 bits per heavy atom. The molecule has 1 heterocycles. The smallest absolute Gasteiger partial charge is 0.130 e. The molecule has 0 bridgehead atoms. The van der Waals surface area contributed by atoms with E-state index < -0.39 is 0 Å². The molecule has 1 aromatic carbocycles. The van der Waals surface area contributed by atoms with E-state index in [4.69, 9.17) is 27.9 Å². The van der Waals surface area contributed by atoms with Crippen LogP contribution in [0, 0.1) is 5.82 Å². The topological polar surface area (TPSA) is 22.1 Å². The minimum absolute atomic E-state index is 0.186. The van der Waals surface area contributed by atoms with Gasteiger partial charge in [0.15, 0.2) is 0 Å². The summed E-state index contributed by atoms with van der Waals surface area (Å²) < 4.78 is 18.7.